The fourth-order valence-corrected chi connectivity index (χ4v) is 1.75. The number of benzene rings is 2. The van der Waals surface area contributed by atoms with Crippen LogP contribution in [0.4, 0.5) is 0 Å². The number of hydrogen-bond acceptors (Lipinski definition) is 2. The molecule has 0 amide bonds. The maximum atomic E-state index is 8.17. The molecule has 0 saturated carbocycles. The van der Waals surface area contributed by atoms with Crippen LogP contribution in [-0.4, -0.2) is 13.7 Å². The van der Waals surface area contributed by atoms with E-state index < -0.39 is 0 Å². The minimum atomic E-state index is 0.372. The summed E-state index contributed by atoms with van der Waals surface area (Å²) in [5, 5.41) is 5.74. The minimum Gasteiger partial charge on any atom is -0.497 e. The molecular formula is C14H13N3O. The van der Waals surface area contributed by atoms with Crippen LogP contribution in [-0.2, 0) is 0 Å². The average Bonchev–Trinajstić information content (AvgIpc) is 2.43. The van der Waals surface area contributed by atoms with Crippen molar-refractivity contribution in [1.82, 2.24) is 0 Å². The molecule has 0 fully saturated rings. The molecule has 0 aliphatic heterocycles. The largest absolute Gasteiger partial charge is 0.497 e. The van der Waals surface area contributed by atoms with Gasteiger partial charge in [0, 0.05) is 11.5 Å². The first-order valence-corrected chi connectivity index (χ1v) is 5.58. The van der Waals surface area contributed by atoms with E-state index in [1.165, 1.54) is 0 Å². The van der Waals surface area contributed by atoms with E-state index in [-0.39, 0.29) is 0 Å². The predicted molar refractivity (Wildman–Crippen MR) is 73.5 cm³/mol. The average molecular weight is 239 g/mol. The monoisotopic (exact) mass is 239 g/mol. The Balaban J connectivity index is 2.27. The molecule has 0 radical (unpaired) electrons. The number of fused-ring (bicyclic) bond motifs is 1. The lowest BCUT2D eigenvalue weighted by Crippen LogP contribution is -1.82. The summed E-state index contributed by atoms with van der Waals surface area (Å²) in [6, 6.07) is 12.1. The fraction of sp³-hybridized carbons (Fsp3) is 0.143. The third-order valence-corrected chi connectivity index (χ3v) is 2.63. The Bertz CT molecular complexity index is 628. The molecule has 2 aromatic rings. The standard InChI is InChI=1S/C14H13N3O/c1-18-14-7-6-12-9-11(3-2-8-16-17-15)4-5-13(12)10-14/h2-7,9-10H,8H2,1H3. The second kappa shape index (κ2) is 5.75. The Labute approximate surface area is 105 Å². The number of ether oxygens (including phenoxy) is 1. The van der Waals surface area contributed by atoms with Gasteiger partial charge in [0.25, 0.3) is 0 Å². The number of methoxy groups -OCH3 is 1. The van der Waals surface area contributed by atoms with E-state index in [0.717, 1.165) is 22.1 Å². The van der Waals surface area contributed by atoms with E-state index >= 15 is 0 Å². The van der Waals surface area contributed by atoms with Crippen LogP contribution >= 0.6 is 0 Å². The molecule has 0 spiro atoms. The highest BCUT2D eigenvalue weighted by molar-refractivity contribution is 5.86. The molecule has 2 rings (SSSR count). The van der Waals surface area contributed by atoms with Gasteiger partial charge in [-0.1, -0.05) is 35.5 Å². The Hall–Kier alpha value is -2.45. The zero-order valence-corrected chi connectivity index (χ0v) is 10.1. The van der Waals surface area contributed by atoms with Crippen molar-refractivity contribution in [2.24, 2.45) is 5.11 Å². The zero-order chi connectivity index (χ0) is 12.8. The van der Waals surface area contributed by atoms with Gasteiger partial charge in [-0.25, -0.2) is 0 Å². The summed E-state index contributed by atoms with van der Waals surface area (Å²) >= 11 is 0. The number of nitrogens with zero attached hydrogens (tertiary/aromatic N) is 3. The molecule has 4 heteroatoms. The van der Waals surface area contributed by atoms with Gasteiger partial charge in [0.15, 0.2) is 0 Å². The number of rotatable bonds is 4. The highest BCUT2D eigenvalue weighted by Gasteiger charge is 1.96. The Morgan fingerprint density at radius 3 is 2.78 bits per heavy atom. The van der Waals surface area contributed by atoms with E-state index in [1.54, 1.807) is 7.11 Å². The van der Waals surface area contributed by atoms with Gasteiger partial charge in [0.2, 0.25) is 0 Å². The van der Waals surface area contributed by atoms with Crippen molar-refractivity contribution in [1.29, 1.82) is 0 Å². The Kier molecular flexibility index (Phi) is 3.84. The van der Waals surface area contributed by atoms with Crippen LogP contribution < -0.4 is 4.74 Å². The van der Waals surface area contributed by atoms with Gasteiger partial charge < -0.3 is 4.74 Å². The molecule has 4 nitrogen and oxygen atoms in total. The van der Waals surface area contributed by atoms with Gasteiger partial charge in [0.1, 0.15) is 5.75 Å². The van der Waals surface area contributed by atoms with Crippen LogP contribution in [0.15, 0.2) is 47.6 Å². The molecule has 90 valence electrons. The van der Waals surface area contributed by atoms with Crippen LogP contribution in [0, 0.1) is 0 Å². The van der Waals surface area contributed by atoms with E-state index in [4.69, 9.17) is 10.3 Å². The molecule has 0 aromatic heterocycles. The molecule has 0 atom stereocenters. The first kappa shape index (κ1) is 12.0. The van der Waals surface area contributed by atoms with Crippen LogP contribution in [0.3, 0.4) is 0 Å². The summed E-state index contributed by atoms with van der Waals surface area (Å²) in [6.45, 7) is 0.372. The summed E-state index contributed by atoms with van der Waals surface area (Å²) in [5.41, 5.74) is 9.25. The summed E-state index contributed by atoms with van der Waals surface area (Å²) in [5.74, 6) is 0.856. The molecule has 0 bridgehead atoms. The van der Waals surface area contributed by atoms with E-state index in [2.05, 4.69) is 16.1 Å². The lowest BCUT2D eigenvalue weighted by molar-refractivity contribution is 0.415. The van der Waals surface area contributed by atoms with Crippen LogP contribution in [0.2, 0.25) is 0 Å². The fourth-order valence-electron chi connectivity index (χ4n) is 1.75. The first-order chi connectivity index (χ1) is 8.83. The lowest BCUT2D eigenvalue weighted by atomic mass is 10.1. The normalized spacial score (nSPS) is 10.5. The third kappa shape index (κ3) is 2.81. The topological polar surface area (TPSA) is 58.0 Å². The molecule has 0 saturated heterocycles. The van der Waals surface area contributed by atoms with E-state index in [1.807, 2.05) is 42.5 Å². The van der Waals surface area contributed by atoms with Gasteiger partial charge in [-0.05, 0) is 40.1 Å². The van der Waals surface area contributed by atoms with Crippen molar-refractivity contribution in [3.05, 3.63) is 58.5 Å². The third-order valence-electron chi connectivity index (χ3n) is 2.63. The molecule has 0 N–H and O–H groups in total. The maximum Gasteiger partial charge on any atom is 0.119 e. The van der Waals surface area contributed by atoms with Crippen LogP contribution in [0.25, 0.3) is 27.3 Å². The molecule has 0 aliphatic carbocycles. The SMILES string of the molecule is COc1ccc2cc(C=CCN=[N+]=[N-])ccc2c1. The smallest absolute Gasteiger partial charge is 0.119 e. The van der Waals surface area contributed by atoms with Crippen molar-refractivity contribution in [3.8, 4) is 5.75 Å². The number of hydrogen-bond donors (Lipinski definition) is 0. The summed E-state index contributed by atoms with van der Waals surface area (Å²) < 4.78 is 5.18. The summed E-state index contributed by atoms with van der Waals surface area (Å²) in [4.78, 5) is 2.70. The second-order valence-electron chi connectivity index (χ2n) is 3.79. The molecule has 0 aliphatic rings. The van der Waals surface area contributed by atoms with Crippen molar-refractivity contribution in [2.45, 2.75) is 0 Å². The maximum absolute atomic E-state index is 8.17. The Morgan fingerprint density at radius 2 is 2.00 bits per heavy atom. The van der Waals surface area contributed by atoms with E-state index in [9.17, 15) is 0 Å². The van der Waals surface area contributed by atoms with Gasteiger partial charge in [0.05, 0.1) is 7.11 Å². The van der Waals surface area contributed by atoms with Crippen molar-refractivity contribution in [2.75, 3.05) is 13.7 Å². The lowest BCUT2D eigenvalue weighted by Gasteiger charge is -2.03. The first-order valence-electron chi connectivity index (χ1n) is 5.58. The van der Waals surface area contributed by atoms with Crippen molar-refractivity contribution >= 4 is 16.8 Å². The molecule has 0 heterocycles. The van der Waals surface area contributed by atoms with Crippen LogP contribution in [0.1, 0.15) is 5.56 Å². The van der Waals surface area contributed by atoms with Gasteiger partial charge >= 0.3 is 0 Å². The molecule has 0 unspecified atom stereocenters. The molecule has 2 aromatic carbocycles. The highest BCUT2D eigenvalue weighted by atomic mass is 16.5. The molecule has 18 heavy (non-hydrogen) atoms. The number of azide groups is 1. The van der Waals surface area contributed by atoms with Gasteiger partial charge in [-0.3, -0.25) is 0 Å². The quantitative estimate of drug-likeness (QED) is 0.448. The van der Waals surface area contributed by atoms with Crippen molar-refractivity contribution in [3.63, 3.8) is 0 Å². The van der Waals surface area contributed by atoms with Gasteiger partial charge in [-0.15, -0.1) is 0 Å². The minimum absolute atomic E-state index is 0.372. The predicted octanol–water partition coefficient (Wildman–Crippen LogP) is 4.17. The van der Waals surface area contributed by atoms with Gasteiger partial charge in [-0.2, -0.15) is 0 Å². The van der Waals surface area contributed by atoms with Crippen LogP contribution in [0.5, 0.6) is 5.75 Å². The highest BCUT2D eigenvalue weighted by Crippen LogP contribution is 2.22. The molecular weight excluding hydrogens is 226 g/mol. The van der Waals surface area contributed by atoms with Crippen molar-refractivity contribution < 1.29 is 4.74 Å². The zero-order valence-electron chi connectivity index (χ0n) is 10.1. The Morgan fingerprint density at radius 1 is 1.22 bits per heavy atom. The summed E-state index contributed by atoms with van der Waals surface area (Å²) in [6.07, 6.45) is 3.78. The van der Waals surface area contributed by atoms with E-state index in [0.29, 0.717) is 6.54 Å². The summed E-state index contributed by atoms with van der Waals surface area (Å²) in [7, 11) is 1.66. The second-order valence-corrected chi connectivity index (χ2v) is 3.79.